The maximum atomic E-state index is 13.1. The Bertz CT molecular complexity index is 1010. The molecule has 0 aliphatic rings. The zero-order chi connectivity index (χ0) is 18.6. The van der Waals surface area contributed by atoms with E-state index in [1.165, 1.54) is 12.1 Å². The molecule has 0 radical (unpaired) electrons. The van der Waals surface area contributed by atoms with Gasteiger partial charge >= 0.3 is 0 Å². The lowest BCUT2D eigenvalue weighted by Gasteiger charge is -2.14. The number of aromatic nitrogens is 5. The van der Waals surface area contributed by atoms with E-state index in [1.807, 2.05) is 30.1 Å². The molecular formula is C19H17FN6O. The van der Waals surface area contributed by atoms with Gasteiger partial charge in [-0.25, -0.2) is 4.39 Å². The molecule has 0 fully saturated rings. The first-order valence-electron chi connectivity index (χ1n) is 8.40. The van der Waals surface area contributed by atoms with Crippen LogP contribution in [0.5, 0.6) is 0 Å². The van der Waals surface area contributed by atoms with E-state index in [1.54, 1.807) is 24.5 Å². The molecule has 3 aromatic heterocycles. The lowest BCUT2D eigenvalue weighted by Crippen LogP contribution is -2.17. The van der Waals surface area contributed by atoms with Crippen LogP contribution < -0.4 is 0 Å². The highest BCUT2D eigenvalue weighted by molar-refractivity contribution is 5.62. The van der Waals surface area contributed by atoms with E-state index in [0.717, 1.165) is 16.8 Å². The van der Waals surface area contributed by atoms with Crippen LogP contribution in [0.2, 0.25) is 0 Å². The number of hydrogen-bond donors (Lipinski definition) is 1. The molecule has 0 amide bonds. The van der Waals surface area contributed by atoms with Crippen molar-refractivity contribution in [3.63, 3.8) is 0 Å². The number of nitrogens with zero attached hydrogens (tertiary/aromatic N) is 5. The van der Waals surface area contributed by atoms with E-state index in [2.05, 4.69) is 25.3 Å². The summed E-state index contributed by atoms with van der Waals surface area (Å²) in [7, 11) is 1.95. The summed E-state index contributed by atoms with van der Waals surface area (Å²) >= 11 is 0. The Hall–Kier alpha value is -3.39. The molecule has 4 aromatic rings. The third-order valence-electron chi connectivity index (χ3n) is 4.06. The Balaban J connectivity index is 1.45. The minimum absolute atomic E-state index is 0.267. The van der Waals surface area contributed by atoms with Crippen LogP contribution in [-0.2, 0) is 13.1 Å². The third-order valence-corrected chi connectivity index (χ3v) is 4.06. The van der Waals surface area contributed by atoms with Gasteiger partial charge in [-0.05, 0) is 43.4 Å². The number of benzene rings is 1. The monoisotopic (exact) mass is 364 g/mol. The number of aromatic amines is 1. The van der Waals surface area contributed by atoms with Crippen LogP contribution in [-0.4, -0.2) is 37.3 Å². The molecular weight excluding hydrogens is 347 g/mol. The van der Waals surface area contributed by atoms with Crippen molar-refractivity contribution in [2.45, 2.75) is 13.1 Å². The number of nitrogens with one attached hydrogen (secondary N) is 1. The summed E-state index contributed by atoms with van der Waals surface area (Å²) in [5.41, 5.74) is 3.41. The van der Waals surface area contributed by atoms with Crippen molar-refractivity contribution in [3.05, 3.63) is 72.1 Å². The molecule has 1 aromatic carbocycles. The molecule has 0 aliphatic carbocycles. The largest absolute Gasteiger partial charge is 0.337 e. The van der Waals surface area contributed by atoms with Gasteiger partial charge in [0.25, 0.3) is 0 Å². The lowest BCUT2D eigenvalue weighted by molar-refractivity contribution is 0.261. The average Bonchev–Trinajstić information content (AvgIpc) is 3.33. The van der Waals surface area contributed by atoms with E-state index in [-0.39, 0.29) is 5.82 Å². The summed E-state index contributed by atoms with van der Waals surface area (Å²) in [6.45, 7) is 1.10. The first kappa shape index (κ1) is 17.0. The summed E-state index contributed by atoms with van der Waals surface area (Å²) in [4.78, 5) is 10.6. The van der Waals surface area contributed by atoms with Crippen LogP contribution >= 0.6 is 0 Å². The fourth-order valence-electron chi connectivity index (χ4n) is 2.79. The van der Waals surface area contributed by atoms with Crippen molar-refractivity contribution >= 4 is 0 Å². The molecule has 8 heteroatoms. The minimum Gasteiger partial charge on any atom is -0.337 e. The Labute approximate surface area is 154 Å². The third kappa shape index (κ3) is 3.90. The number of rotatable bonds is 6. The summed E-state index contributed by atoms with van der Waals surface area (Å²) in [6, 6.07) is 11.9. The summed E-state index contributed by atoms with van der Waals surface area (Å²) in [5, 5.41) is 11.1. The van der Waals surface area contributed by atoms with E-state index in [9.17, 15) is 4.39 Å². The highest BCUT2D eigenvalue weighted by atomic mass is 19.1. The molecule has 0 saturated heterocycles. The smallest absolute Gasteiger partial charge is 0.241 e. The number of H-pyrrole nitrogens is 1. The SMILES string of the molecule is CN(Cc1nc(-c2ccccn2)no1)Cc1cn[nH]c1-c1ccc(F)cc1. The Kier molecular flexibility index (Phi) is 4.71. The van der Waals surface area contributed by atoms with Crippen LogP contribution in [0.4, 0.5) is 4.39 Å². The van der Waals surface area contributed by atoms with Gasteiger partial charge in [-0.2, -0.15) is 10.1 Å². The standard InChI is InChI=1S/C19H17FN6O/c1-26(12-17-23-19(25-27-17)16-4-2-3-9-21-16)11-14-10-22-24-18(14)13-5-7-15(20)8-6-13/h2-10H,11-12H2,1H3,(H,22,24). The van der Waals surface area contributed by atoms with Gasteiger partial charge < -0.3 is 4.52 Å². The number of hydrogen-bond acceptors (Lipinski definition) is 6. The van der Waals surface area contributed by atoms with Crippen LogP contribution in [0.25, 0.3) is 22.8 Å². The Morgan fingerprint density at radius 1 is 1.11 bits per heavy atom. The highest BCUT2D eigenvalue weighted by Crippen LogP contribution is 2.23. The zero-order valence-electron chi connectivity index (χ0n) is 14.6. The van der Waals surface area contributed by atoms with Crippen molar-refractivity contribution < 1.29 is 8.91 Å². The molecule has 7 nitrogen and oxygen atoms in total. The molecule has 27 heavy (non-hydrogen) atoms. The van der Waals surface area contributed by atoms with Gasteiger partial charge in [0, 0.05) is 23.9 Å². The summed E-state index contributed by atoms with van der Waals surface area (Å²) in [6.07, 6.45) is 3.45. The predicted octanol–water partition coefficient (Wildman–Crippen LogP) is 3.29. The molecule has 3 heterocycles. The van der Waals surface area contributed by atoms with Crippen molar-refractivity contribution in [2.24, 2.45) is 0 Å². The Morgan fingerprint density at radius 3 is 2.74 bits per heavy atom. The average molecular weight is 364 g/mol. The van der Waals surface area contributed by atoms with Crippen molar-refractivity contribution in [2.75, 3.05) is 7.05 Å². The van der Waals surface area contributed by atoms with Crippen LogP contribution in [0.15, 0.2) is 59.4 Å². The molecule has 0 unspecified atom stereocenters. The lowest BCUT2D eigenvalue weighted by atomic mass is 10.1. The quantitative estimate of drug-likeness (QED) is 0.565. The second-order valence-electron chi connectivity index (χ2n) is 6.18. The maximum absolute atomic E-state index is 13.1. The zero-order valence-corrected chi connectivity index (χ0v) is 14.6. The van der Waals surface area contributed by atoms with Crippen molar-refractivity contribution in [1.29, 1.82) is 0 Å². The van der Waals surface area contributed by atoms with E-state index >= 15 is 0 Å². The van der Waals surface area contributed by atoms with Crippen LogP contribution in [0.1, 0.15) is 11.5 Å². The van der Waals surface area contributed by atoms with Gasteiger partial charge in [0.05, 0.1) is 18.4 Å². The molecule has 0 spiro atoms. The Morgan fingerprint density at radius 2 is 1.96 bits per heavy atom. The van der Waals surface area contributed by atoms with Crippen molar-refractivity contribution in [3.8, 4) is 22.8 Å². The van der Waals surface area contributed by atoms with E-state index in [4.69, 9.17) is 4.52 Å². The number of pyridine rings is 1. The van der Waals surface area contributed by atoms with E-state index < -0.39 is 0 Å². The van der Waals surface area contributed by atoms with Crippen molar-refractivity contribution in [1.82, 2.24) is 30.2 Å². The van der Waals surface area contributed by atoms with Gasteiger partial charge in [-0.3, -0.25) is 15.0 Å². The van der Waals surface area contributed by atoms with Gasteiger partial charge in [0.2, 0.25) is 11.7 Å². The fourth-order valence-corrected chi connectivity index (χ4v) is 2.79. The molecule has 0 atom stereocenters. The molecule has 0 saturated carbocycles. The molecule has 1 N–H and O–H groups in total. The first-order chi connectivity index (χ1) is 13.2. The fraction of sp³-hybridized carbons (Fsp3) is 0.158. The maximum Gasteiger partial charge on any atom is 0.241 e. The van der Waals surface area contributed by atoms with Gasteiger partial charge in [-0.15, -0.1) is 0 Å². The van der Waals surface area contributed by atoms with Crippen LogP contribution in [0, 0.1) is 5.82 Å². The normalized spacial score (nSPS) is 11.2. The van der Waals surface area contributed by atoms with Gasteiger partial charge in [0.15, 0.2) is 0 Å². The number of halogens is 1. The molecule has 136 valence electrons. The van der Waals surface area contributed by atoms with E-state index in [0.29, 0.717) is 30.5 Å². The van der Waals surface area contributed by atoms with Gasteiger partial charge in [0.1, 0.15) is 11.5 Å². The molecule has 0 bridgehead atoms. The second-order valence-corrected chi connectivity index (χ2v) is 6.18. The minimum atomic E-state index is -0.267. The topological polar surface area (TPSA) is 83.7 Å². The first-order valence-corrected chi connectivity index (χ1v) is 8.40. The second kappa shape index (κ2) is 7.46. The summed E-state index contributed by atoms with van der Waals surface area (Å²) in [5.74, 6) is 0.705. The van der Waals surface area contributed by atoms with Crippen LogP contribution in [0.3, 0.4) is 0 Å². The molecule has 0 aliphatic heterocycles. The summed E-state index contributed by atoms with van der Waals surface area (Å²) < 4.78 is 18.5. The highest BCUT2D eigenvalue weighted by Gasteiger charge is 2.14. The predicted molar refractivity (Wildman–Crippen MR) is 96.7 cm³/mol. The van der Waals surface area contributed by atoms with Gasteiger partial charge in [-0.1, -0.05) is 11.2 Å². The molecule has 4 rings (SSSR count).